The van der Waals surface area contributed by atoms with Crippen molar-refractivity contribution in [1.82, 2.24) is 0 Å². The summed E-state index contributed by atoms with van der Waals surface area (Å²) >= 11 is 0. The molecule has 0 saturated heterocycles. The molecule has 0 bridgehead atoms. The van der Waals surface area contributed by atoms with Crippen LogP contribution in [0.3, 0.4) is 0 Å². The number of hydrogen-bond acceptors (Lipinski definition) is 5. The number of nitrogens with one attached hydrogen (secondary N) is 1. The summed E-state index contributed by atoms with van der Waals surface area (Å²) in [5.74, 6) is 0.535. The van der Waals surface area contributed by atoms with E-state index in [2.05, 4.69) is 5.32 Å². The van der Waals surface area contributed by atoms with Crippen LogP contribution in [-0.4, -0.2) is 32.4 Å². The molecule has 2 rings (SSSR count). The Kier molecular flexibility index (Phi) is 4.55. The first kappa shape index (κ1) is 15.1. The van der Waals surface area contributed by atoms with Crippen molar-refractivity contribution in [2.24, 2.45) is 5.92 Å². The molecule has 0 aliphatic heterocycles. The van der Waals surface area contributed by atoms with E-state index in [9.17, 15) is 13.5 Å². The quantitative estimate of drug-likeness (QED) is 0.735. The Morgan fingerprint density at radius 1 is 1.30 bits per heavy atom. The van der Waals surface area contributed by atoms with Crippen LogP contribution in [0.15, 0.2) is 23.1 Å². The van der Waals surface area contributed by atoms with Crippen molar-refractivity contribution in [1.29, 1.82) is 0 Å². The zero-order valence-corrected chi connectivity index (χ0v) is 12.5. The third-order valence-corrected chi connectivity index (χ3v) is 4.96. The fourth-order valence-corrected chi connectivity index (χ4v) is 3.19. The van der Waals surface area contributed by atoms with Crippen LogP contribution < -0.4 is 11.1 Å². The summed E-state index contributed by atoms with van der Waals surface area (Å²) in [7, 11) is -3.22. The van der Waals surface area contributed by atoms with Crippen molar-refractivity contribution in [3.63, 3.8) is 0 Å². The highest BCUT2D eigenvalue weighted by molar-refractivity contribution is 7.90. The average molecular weight is 298 g/mol. The first-order valence-corrected chi connectivity index (χ1v) is 8.77. The first-order valence-electron chi connectivity index (χ1n) is 6.88. The molecule has 4 N–H and O–H groups in total. The molecule has 20 heavy (non-hydrogen) atoms. The van der Waals surface area contributed by atoms with E-state index < -0.39 is 9.84 Å². The SMILES string of the molecule is CS(=O)(=O)c1ccc(NCC2CCC(O)CC2)c(N)c1. The third kappa shape index (κ3) is 3.86. The topological polar surface area (TPSA) is 92.4 Å². The highest BCUT2D eigenvalue weighted by atomic mass is 32.2. The molecule has 0 radical (unpaired) electrons. The van der Waals surface area contributed by atoms with Gasteiger partial charge in [0, 0.05) is 12.8 Å². The Morgan fingerprint density at radius 2 is 1.95 bits per heavy atom. The lowest BCUT2D eigenvalue weighted by atomic mass is 9.87. The number of anilines is 2. The molecule has 112 valence electrons. The largest absolute Gasteiger partial charge is 0.397 e. The van der Waals surface area contributed by atoms with Gasteiger partial charge in [-0.2, -0.15) is 0 Å². The summed E-state index contributed by atoms with van der Waals surface area (Å²) in [5, 5.41) is 12.7. The van der Waals surface area contributed by atoms with Gasteiger partial charge in [0.2, 0.25) is 0 Å². The van der Waals surface area contributed by atoms with Gasteiger partial charge < -0.3 is 16.2 Å². The van der Waals surface area contributed by atoms with Crippen molar-refractivity contribution in [2.75, 3.05) is 23.9 Å². The van der Waals surface area contributed by atoms with Gasteiger partial charge >= 0.3 is 0 Å². The highest BCUT2D eigenvalue weighted by Gasteiger charge is 2.19. The van der Waals surface area contributed by atoms with E-state index in [0.29, 0.717) is 11.6 Å². The molecule has 0 aromatic heterocycles. The summed E-state index contributed by atoms with van der Waals surface area (Å²) in [6, 6.07) is 4.77. The van der Waals surface area contributed by atoms with Gasteiger partial charge in [-0.15, -0.1) is 0 Å². The number of aliphatic hydroxyl groups excluding tert-OH is 1. The normalized spacial score (nSPS) is 23.5. The molecule has 1 aliphatic rings. The molecule has 0 atom stereocenters. The zero-order chi connectivity index (χ0) is 14.8. The fourth-order valence-electron chi connectivity index (χ4n) is 2.54. The lowest BCUT2D eigenvalue weighted by Crippen LogP contribution is -2.23. The highest BCUT2D eigenvalue weighted by Crippen LogP contribution is 2.27. The lowest BCUT2D eigenvalue weighted by Gasteiger charge is -2.26. The maximum absolute atomic E-state index is 11.4. The summed E-state index contributed by atoms with van der Waals surface area (Å²) in [5.41, 5.74) is 7.10. The van der Waals surface area contributed by atoms with Crippen LogP contribution >= 0.6 is 0 Å². The number of benzene rings is 1. The Hall–Kier alpha value is -1.27. The lowest BCUT2D eigenvalue weighted by molar-refractivity contribution is 0.111. The standard InChI is InChI=1S/C14H22N2O3S/c1-20(18,19)12-6-7-14(13(15)8-12)16-9-10-2-4-11(17)5-3-10/h6-8,10-11,16-17H,2-5,9,15H2,1H3. The predicted octanol–water partition coefficient (Wildman–Crippen LogP) is 1.64. The van der Waals surface area contributed by atoms with E-state index in [1.54, 1.807) is 12.1 Å². The maximum atomic E-state index is 11.4. The molecule has 6 heteroatoms. The summed E-state index contributed by atoms with van der Waals surface area (Å²) in [6.07, 6.45) is 4.75. The van der Waals surface area contributed by atoms with Crippen LogP contribution in [0.5, 0.6) is 0 Å². The number of hydrogen-bond donors (Lipinski definition) is 3. The van der Waals surface area contributed by atoms with Crippen LogP contribution in [0.2, 0.25) is 0 Å². The predicted molar refractivity (Wildman–Crippen MR) is 80.4 cm³/mol. The molecule has 5 nitrogen and oxygen atoms in total. The Labute approximate surface area is 120 Å². The first-order chi connectivity index (χ1) is 9.36. The molecule has 0 amide bonds. The number of rotatable bonds is 4. The van der Waals surface area contributed by atoms with Crippen molar-refractivity contribution < 1.29 is 13.5 Å². The number of nitrogen functional groups attached to an aromatic ring is 1. The van der Waals surface area contributed by atoms with E-state index in [0.717, 1.165) is 37.9 Å². The molecule has 1 aromatic rings. The molecule has 1 aromatic carbocycles. The minimum Gasteiger partial charge on any atom is -0.397 e. The van der Waals surface area contributed by atoms with Gasteiger partial charge in [0.05, 0.1) is 22.4 Å². The second-order valence-corrected chi connectivity index (χ2v) is 7.59. The molecule has 1 saturated carbocycles. The van der Waals surface area contributed by atoms with Crippen LogP contribution in [0.4, 0.5) is 11.4 Å². The van der Waals surface area contributed by atoms with E-state index in [1.165, 1.54) is 12.3 Å². The Morgan fingerprint density at radius 3 is 2.50 bits per heavy atom. The van der Waals surface area contributed by atoms with Crippen LogP contribution in [-0.2, 0) is 9.84 Å². The smallest absolute Gasteiger partial charge is 0.175 e. The molecule has 1 aliphatic carbocycles. The van der Waals surface area contributed by atoms with E-state index >= 15 is 0 Å². The van der Waals surface area contributed by atoms with Crippen LogP contribution in [0, 0.1) is 5.92 Å². The molecule has 0 spiro atoms. The van der Waals surface area contributed by atoms with Crippen LogP contribution in [0.1, 0.15) is 25.7 Å². The fraction of sp³-hybridized carbons (Fsp3) is 0.571. The molecule has 1 fully saturated rings. The van der Waals surface area contributed by atoms with Gasteiger partial charge in [-0.1, -0.05) is 0 Å². The van der Waals surface area contributed by atoms with Crippen molar-refractivity contribution in [3.05, 3.63) is 18.2 Å². The van der Waals surface area contributed by atoms with E-state index in [-0.39, 0.29) is 11.0 Å². The van der Waals surface area contributed by atoms with Gasteiger partial charge in [-0.05, 0) is 49.8 Å². The maximum Gasteiger partial charge on any atom is 0.175 e. The van der Waals surface area contributed by atoms with Gasteiger partial charge in [0.25, 0.3) is 0 Å². The summed E-state index contributed by atoms with van der Waals surface area (Å²) in [4.78, 5) is 0.237. The Bertz CT molecular complexity index is 564. The van der Waals surface area contributed by atoms with Crippen LogP contribution in [0.25, 0.3) is 0 Å². The van der Waals surface area contributed by atoms with Crippen molar-refractivity contribution in [3.8, 4) is 0 Å². The summed E-state index contributed by atoms with van der Waals surface area (Å²) in [6.45, 7) is 0.801. The van der Waals surface area contributed by atoms with E-state index in [1.807, 2.05) is 0 Å². The Balaban J connectivity index is 1.97. The van der Waals surface area contributed by atoms with Gasteiger partial charge in [-0.3, -0.25) is 0 Å². The van der Waals surface area contributed by atoms with Gasteiger partial charge in [-0.25, -0.2) is 8.42 Å². The number of aliphatic hydroxyl groups is 1. The minimum atomic E-state index is -3.22. The average Bonchev–Trinajstić information content (AvgIpc) is 2.38. The van der Waals surface area contributed by atoms with Gasteiger partial charge in [0.15, 0.2) is 9.84 Å². The second kappa shape index (κ2) is 6.01. The third-order valence-electron chi connectivity index (χ3n) is 3.85. The van der Waals surface area contributed by atoms with Crippen molar-refractivity contribution in [2.45, 2.75) is 36.7 Å². The summed E-state index contributed by atoms with van der Waals surface area (Å²) < 4.78 is 22.9. The second-order valence-electron chi connectivity index (χ2n) is 5.58. The number of nitrogens with two attached hydrogens (primary N) is 1. The monoisotopic (exact) mass is 298 g/mol. The molecular weight excluding hydrogens is 276 g/mol. The zero-order valence-electron chi connectivity index (χ0n) is 11.7. The van der Waals surface area contributed by atoms with Gasteiger partial charge in [0.1, 0.15) is 0 Å². The minimum absolute atomic E-state index is 0.148. The number of sulfone groups is 1. The van der Waals surface area contributed by atoms with Crippen molar-refractivity contribution >= 4 is 21.2 Å². The molecular formula is C14H22N2O3S. The molecule has 0 unspecified atom stereocenters. The molecule has 0 heterocycles. The van der Waals surface area contributed by atoms with E-state index in [4.69, 9.17) is 5.73 Å².